The van der Waals surface area contributed by atoms with Gasteiger partial charge in [-0.05, 0) is 34.2 Å². The van der Waals surface area contributed by atoms with E-state index in [1.54, 1.807) is 0 Å². The summed E-state index contributed by atoms with van der Waals surface area (Å²) in [5, 5.41) is 2.78. The molecule has 0 heteroatoms. The molecule has 0 aliphatic heterocycles. The van der Waals surface area contributed by atoms with E-state index in [0.29, 0.717) is 5.92 Å². The highest BCUT2D eigenvalue weighted by atomic mass is 14.1. The minimum atomic E-state index is 0.598. The van der Waals surface area contributed by atoms with E-state index in [1.807, 2.05) is 27.7 Å². The number of benzene rings is 2. The van der Waals surface area contributed by atoms with Crippen LogP contribution in [0.15, 0.2) is 36.4 Å². The molecule has 0 fully saturated rings. The maximum absolute atomic E-state index is 2.34. The normalized spacial score (nSPS) is 9.47. The molecule has 0 saturated heterocycles. The van der Waals surface area contributed by atoms with E-state index in [1.165, 1.54) is 21.9 Å². The van der Waals surface area contributed by atoms with Gasteiger partial charge in [0.1, 0.15) is 0 Å². The van der Waals surface area contributed by atoms with Gasteiger partial charge in [-0.2, -0.15) is 0 Å². The molecule has 0 unspecified atom stereocenters. The minimum Gasteiger partial charge on any atom is -0.0683 e. The fraction of sp³-hybridized carbons (Fsp3) is 0.474. The molecule has 0 saturated carbocycles. The van der Waals surface area contributed by atoms with Crippen molar-refractivity contribution in [2.75, 3.05) is 0 Å². The van der Waals surface area contributed by atoms with Crippen molar-refractivity contribution in [3.05, 3.63) is 47.5 Å². The number of hydrogen-bond donors (Lipinski definition) is 0. The first-order chi connectivity index (χ1) is 9.22. The first-order valence-electron chi connectivity index (χ1n) is 7.74. The Labute approximate surface area is 119 Å². The zero-order chi connectivity index (χ0) is 14.8. The Bertz CT molecular complexity index is 466. The summed E-state index contributed by atoms with van der Waals surface area (Å²) in [6.45, 7) is 14.7. The van der Waals surface area contributed by atoms with E-state index >= 15 is 0 Å². The monoisotopic (exact) mass is 258 g/mol. The molecule has 0 radical (unpaired) electrons. The minimum absolute atomic E-state index is 0.598. The Morgan fingerprint density at radius 2 is 1.53 bits per heavy atom. The molecule has 2 rings (SSSR count). The molecule has 0 amide bonds. The average Bonchev–Trinajstić information content (AvgIpc) is 2.50. The molecule has 2 aromatic rings. The second-order valence-electron chi connectivity index (χ2n) is 4.41. The molecule has 2 aromatic carbocycles. The van der Waals surface area contributed by atoms with Crippen LogP contribution >= 0.6 is 0 Å². The Hall–Kier alpha value is -1.30. The van der Waals surface area contributed by atoms with Crippen LogP contribution in [0.5, 0.6) is 0 Å². The Morgan fingerprint density at radius 1 is 0.895 bits per heavy atom. The zero-order valence-corrected chi connectivity index (χ0v) is 13.7. The predicted octanol–water partition coefficient (Wildman–Crippen LogP) is 6.58. The van der Waals surface area contributed by atoms with Gasteiger partial charge in [-0.15, -0.1) is 0 Å². The third-order valence-electron chi connectivity index (χ3n) is 3.01. The topological polar surface area (TPSA) is 0 Å². The molecule has 0 atom stereocenters. The molecule has 0 aliphatic carbocycles. The maximum Gasteiger partial charge on any atom is -0.0147 e. The van der Waals surface area contributed by atoms with Crippen molar-refractivity contribution in [2.45, 2.75) is 60.8 Å². The third-order valence-corrected chi connectivity index (χ3v) is 3.01. The summed E-state index contributed by atoms with van der Waals surface area (Å²) in [6, 6.07) is 13.4. The van der Waals surface area contributed by atoms with Crippen molar-refractivity contribution in [3.8, 4) is 0 Å². The predicted molar refractivity (Wildman–Crippen MR) is 90.1 cm³/mol. The lowest BCUT2D eigenvalue weighted by Gasteiger charge is -2.10. The van der Waals surface area contributed by atoms with E-state index in [-0.39, 0.29) is 0 Å². The molecular weight excluding hydrogens is 228 g/mol. The Morgan fingerprint density at radius 3 is 2.05 bits per heavy atom. The van der Waals surface area contributed by atoms with Crippen molar-refractivity contribution in [3.63, 3.8) is 0 Å². The lowest BCUT2D eigenvalue weighted by molar-refractivity contribution is 0.876. The zero-order valence-electron chi connectivity index (χ0n) is 13.7. The van der Waals surface area contributed by atoms with E-state index in [2.05, 4.69) is 57.2 Å². The summed E-state index contributed by atoms with van der Waals surface area (Å²) in [5.74, 6) is 0.598. The quantitative estimate of drug-likeness (QED) is 0.571. The summed E-state index contributed by atoms with van der Waals surface area (Å²) in [6.07, 6.45) is 1.11. The number of hydrogen-bond acceptors (Lipinski definition) is 0. The van der Waals surface area contributed by atoms with Crippen molar-refractivity contribution in [2.24, 2.45) is 0 Å². The molecule has 19 heavy (non-hydrogen) atoms. The number of fused-ring (bicyclic) bond motifs is 1. The Kier molecular flexibility index (Phi) is 8.95. The summed E-state index contributed by atoms with van der Waals surface area (Å²) in [4.78, 5) is 0. The van der Waals surface area contributed by atoms with Crippen molar-refractivity contribution in [1.29, 1.82) is 0 Å². The lowest BCUT2D eigenvalue weighted by atomic mass is 9.94. The molecular formula is C19H30. The first-order valence-corrected chi connectivity index (χ1v) is 7.74. The van der Waals surface area contributed by atoms with E-state index in [9.17, 15) is 0 Å². The van der Waals surface area contributed by atoms with Crippen LogP contribution in [-0.2, 0) is 6.42 Å². The maximum atomic E-state index is 2.34. The number of aryl methyl sites for hydroxylation is 1. The van der Waals surface area contributed by atoms with E-state index in [4.69, 9.17) is 0 Å². The van der Waals surface area contributed by atoms with Gasteiger partial charge in [-0.3, -0.25) is 0 Å². The fourth-order valence-electron chi connectivity index (χ4n) is 2.07. The van der Waals surface area contributed by atoms with Crippen molar-refractivity contribution >= 4 is 10.8 Å². The molecule has 0 aromatic heterocycles. The highest BCUT2D eigenvalue weighted by Crippen LogP contribution is 2.26. The van der Waals surface area contributed by atoms with Gasteiger partial charge >= 0.3 is 0 Å². The van der Waals surface area contributed by atoms with Crippen LogP contribution in [0.1, 0.15) is 65.5 Å². The van der Waals surface area contributed by atoms with Crippen LogP contribution < -0.4 is 0 Å². The highest BCUT2D eigenvalue weighted by Gasteiger charge is 2.04. The second kappa shape index (κ2) is 9.61. The molecule has 0 N–H and O–H groups in total. The van der Waals surface area contributed by atoms with Crippen molar-refractivity contribution < 1.29 is 0 Å². The van der Waals surface area contributed by atoms with Crippen LogP contribution in [0.25, 0.3) is 10.8 Å². The van der Waals surface area contributed by atoms with Crippen LogP contribution in [-0.4, -0.2) is 0 Å². The summed E-state index contributed by atoms with van der Waals surface area (Å²) >= 11 is 0. The molecule has 0 aliphatic rings. The van der Waals surface area contributed by atoms with Gasteiger partial charge in [0.2, 0.25) is 0 Å². The number of rotatable bonds is 2. The van der Waals surface area contributed by atoms with E-state index < -0.39 is 0 Å². The van der Waals surface area contributed by atoms with Gasteiger partial charge in [0.15, 0.2) is 0 Å². The van der Waals surface area contributed by atoms with Gasteiger partial charge in [0, 0.05) is 0 Å². The summed E-state index contributed by atoms with van der Waals surface area (Å²) < 4.78 is 0. The molecule has 0 spiro atoms. The third kappa shape index (κ3) is 4.70. The molecule has 106 valence electrons. The van der Waals surface area contributed by atoms with Gasteiger partial charge in [-0.1, -0.05) is 84.9 Å². The van der Waals surface area contributed by atoms with Crippen LogP contribution in [0.4, 0.5) is 0 Å². The largest absolute Gasteiger partial charge is 0.0683 e. The first kappa shape index (κ1) is 17.7. The van der Waals surface area contributed by atoms with Crippen LogP contribution in [0.2, 0.25) is 0 Å². The fourth-order valence-corrected chi connectivity index (χ4v) is 2.07. The second-order valence-corrected chi connectivity index (χ2v) is 4.41. The van der Waals surface area contributed by atoms with Gasteiger partial charge in [0.05, 0.1) is 0 Å². The average molecular weight is 258 g/mol. The van der Waals surface area contributed by atoms with Gasteiger partial charge < -0.3 is 0 Å². The van der Waals surface area contributed by atoms with E-state index in [0.717, 1.165) is 6.42 Å². The lowest BCUT2D eigenvalue weighted by Crippen LogP contribution is -1.90. The van der Waals surface area contributed by atoms with Gasteiger partial charge in [0.25, 0.3) is 0 Å². The Balaban J connectivity index is 0.000000741. The molecule has 0 heterocycles. The summed E-state index contributed by atoms with van der Waals surface area (Å²) in [5.41, 5.74) is 2.89. The molecule has 0 nitrogen and oxygen atoms in total. The van der Waals surface area contributed by atoms with Crippen LogP contribution in [0.3, 0.4) is 0 Å². The summed E-state index contributed by atoms with van der Waals surface area (Å²) in [7, 11) is 0. The standard InChI is InChI=1S/C15H18.2C2H6/c1-4-12-8-9-13-6-5-7-14(11(2)3)15(13)10-12;2*1-2/h5-11H,4H2,1-3H3;2*1-2H3. The van der Waals surface area contributed by atoms with Crippen LogP contribution in [0, 0.1) is 0 Å². The smallest absolute Gasteiger partial charge is 0.0147 e. The SMILES string of the molecule is CC.CC.CCc1ccc2cccc(C(C)C)c2c1. The molecule has 0 bridgehead atoms. The van der Waals surface area contributed by atoms with Gasteiger partial charge in [-0.25, -0.2) is 0 Å². The highest BCUT2D eigenvalue weighted by molar-refractivity contribution is 5.86. The van der Waals surface area contributed by atoms with Crippen molar-refractivity contribution in [1.82, 2.24) is 0 Å².